The number of hydrogen-bond acceptors (Lipinski definition) is 7. The number of aromatic nitrogens is 3. The Bertz CT molecular complexity index is 1190. The molecule has 2 aromatic heterocycles. The summed E-state index contributed by atoms with van der Waals surface area (Å²) in [6, 6.07) is 7.14. The van der Waals surface area contributed by atoms with Gasteiger partial charge >= 0.3 is 12.1 Å². The first kappa shape index (κ1) is 24.7. The molecule has 1 unspecified atom stereocenters. The molecule has 0 fully saturated rings. The van der Waals surface area contributed by atoms with Crippen molar-refractivity contribution < 1.29 is 33.3 Å². The molecule has 3 aromatic rings. The summed E-state index contributed by atoms with van der Waals surface area (Å²) in [6.07, 6.45) is 0.0369. The molecule has 0 saturated heterocycles. The summed E-state index contributed by atoms with van der Waals surface area (Å²) in [5.74, 6) is -1.15. The zero-order valence-corrected chi connectivity index (χ0v) is 19.6. The molecule has 1 atom stereocenters. The molecule has 0 aliphatic heterocycles. The standard InChI is InChI=1S/C23H27FN4O6/c1-14(33-20-9-8-19-25-13-17(21(29)30)28(19)26-20)16-12-15(24)6-7-18(16)32-11-10-27(5)22(31)34-23(2,3)4/h6-9,12-14H,10-11H2,1-5H3,(H,29,30). The number of halogens is 1. The van der Waals surface area contributed by atoms with Crippen molar-refractivity contribution in [2.45, 2.75) is 39.4 Å². The minimum atomic E-state index is -1.18. The highest BCUT2D eigenvalue weighted by molar-refractivity contribution is 5.86. The quantitative estimate of drug-likeness (QED) is 0.522. The topological polar surface area (TPSA) is 115 Å². The number of imidazole rings is 1. The van der Waals surface area contributed by atoms with E-state index < -0.39 is 29.6 Å². The van der Waals surface area contributed by atoms with E-state index in [4.69, 9.17) is 14.2 Å². The lowest BCUT2D eigenvalue weighted by Gasteiger charge is -2.25. The van der Waals surface area contributed by atoms with Crippen LogP contribution in [0, 0.1) is 5.82 Å². The van der Waals surface area contributed by atoms with Crippen LogP contribution in [0.5, 0.6) is 11.6 Å². The molecule has 0 aliphatic rings. The largest absolute Gasteiger partial charge is 0.491 e. The second-order valence-electron chi connectivity index (χ2n) is 8.58. The molecule has 3 rings (SSSR count). The zero-order valence-electron chi connectivity index (χ0n) is 19.6. The highest BCUT2D eigenvalue weighted by atomic mass is 19.1. The van der Waals surface area contributed by atoms with Gasteiger partial charge in [-0.05, 0) is 52.0 Å². The lowest BCUT2D eigenvalue weighted by atomic mass is 10.1. The van der Waals surface area contributed by atoms with E-state index in [1.54, 1.807) is 46.9 Å². The average Bonchev–Trinajstić information content (AvgIpc) is 3.17. The van der Waals surface area contributed by atoms with Gasteiger partial charge in [0, 0.05) is 18.7 Å². The third-order valence-corrected chi connectivity index (χ3v) is 4.65. The Morgan fingerprint density at radius 2 is 1.97 bits per heavy atom. The molecule has 11 heteroatoms. The van der Waals surface area contributed by atoms with Crippen molar-refractivity contribution in [2.75, 3.05) is 20.2 Å². The van der Waals surface area contributed by atoms with E-state index in [9.17, 15) is 19.1 Å². The van der Waals surface area contributed by atoms with Gasteiger partial charge in [-0.15, -0.1) is 5.10 Å². The first-order chi connectivity index (χ1) is 15.9. The van der Waals surface area contributed by atoms with Crippen molar-refractivity contribution in [3.8, 4) is 11.6 Å². The van der Waals surface area contributed by atoms with Gasteiger partial charge in [0.25, 0.3) is 0 Å². The molecule has 0 radical (unpaired) electrons. The molecule has 0 bridgehead atoms. The molecule has 1 amide bonds. The van der Waals surface area contributed by atoms with Gasteiger partial charge in [0.1, 0.15) is 29.9 Å². The molecular formula is C23H27FN4O6. The van der Waals surface area contributed by atoms with Gasteiger partial charge in [-0.2, -0.15) is 0 Å². The Balaban J connectivity index is 1.70. The number of benzene rings is 1. The number of carbonyl (C=O) groups is 2. The van der Waals surface area contributed by atoms with Crippen molar-refractivity contribution in [3.05, 3.63) is 53.6 Å². The Morgan fingerprint density at radius 1 is 1.24 bits per heavy atom. The Labute approximate surface area is 195 Å². The summed E-state index contributed by atoms with van der Waals surface area (Å²) in [5.41, 5.74) is 0.0476. The number of amides is 1. The smallest absolute Gasteiger partial charge is 0.410 e. The second-order valence-corrected chi connectivity index (χ2v) is 8.58. The molecule has 10 nitrogen and oxygen atoms in total. The summed E-state index contributed by atoms with van der Waals surface area (Å²) in [7, 11) is 1.60. The van der Waals surface area contributed by atoms with E-state index in [1.165, 1.54) is 29.3 Å². The van der Waals surface area contributed by atoms with Gasteiger partial charge < -0.3 is 24.2 Å². The van der Waals surface area contributed by atoms with Crippen LogP contribution < -0.4 is 9.47 Å². The summed E-state index contributed by atoms with van der Waals surface area (Å²) in [5, 5.41) is 13.4. The number of nitrogens with zero attached hydrogens (tertiary/aromatic N) is 4. The van der Waals surface area contributed by atoms with Crippen molar-refractivity contribution in [2.24, 2.45) is 0 Å². The Morgan fingerprint density at radius 3 is 2.65 bits per heavy atom. The fraction of sp³-hybridized carbons (Fsp3) is 0.391. The number of ether oxygens (including phenoxy) is 3. The summed E-state index contributed by atoms with van der Waals surface area (Å²) >= 11 is 0. The van der Waals surface area contributed by atoms with Crippen LogP contribution in [0.4, 0.5) is 9.18 Å². The molecule has 34 heavy (non-hydrogen) atoms. The fourth-order valence-electron chi connectivity index (χ4n) is 3.00. The van der Waals surface area contributed by atoms with Gasteiger partial charge in [-0.1, -0.05) is 0 Å². The van der Waals surface area contributed by atoms with E-state index in [2.05, 4.69) is 10.1 Å². The lowest BCUT2D eigenvalue weighted by molar-refractivity contribution is 0.0277. The maximum absolute atomic E-state index is 14.0. The van der Waals surface area contributed by atoms with Crippen LogP contribution in [-0.2, 0) is 4.74 Å². The van der Waals surface area contributed by atoms with E-state index in [1.807, 2.05) is 0 Å². The van der Waals surface area contributed by atoms with Gasteiger partial charge in [-0.3, -0.25) is 0 Å². The van der Waals surface area contributed by atoms with Crippen LogP contribution in [0.25, 0.3) is 5.65 Å². The van der Waals surface area contributed by atoms with Gasteiger partial charge in [0.2, 0.25) is 5.88 Å². The molecule has 1 aromatic carbocycles. The van der Waals surface area contributed by atoms with Crippen LogP contribution >= 0.6 is 0 Å². The number of aromatic carboxylic acids is 1. The molecule has 0 aliphatic carbocycles. The van der Waals surface area contributed by atoms with Crippen molar-refractivity contribution in [1.82, 2.24) is 19.5 Å². The molecule has 0 spiro atoms. The van der Waals surface area contributed by atoms with E-state index >= 15 is 0 Å². The summed E-state index contributed by atoms with van der Waals surface area (Å²) in [4.78, 5) is 28.8. The minimum absolute atomic E-state index is 0.114. The van der Waals surface area contributed by atoms with Crippen molar-refractivity contribution >= 4 is 17.7 Å². The number of rotatable bonds is 8. The highest BCUT2D eigenvalue weighted by Crippen LogP contribution is 2.29. The Hall–Kier alpha value is -3.89. The van der Waals surface area contributed by atoms with Crippen LogP contribution in [0.15, 0.2) is 36.5 Å². The SMILES string of the molecule is CC(Oc1ccc2ncc(C(=O)O)n2n1)c1cc(F)ccc1OCCN(C)C(=O)OC(C)(C)C. The molecule has 182 valence electrons. The van der Waals surface area contributed by atoms with E-state index in [0.29, 0.717) is 17.0 Å². The van der Waals surface area contributed by atoms with Crippen molar-refractivity contribution in [3.63, 3.8) is 0 Å². The molecule has 0 saturated carbocycles. The van der Waals surface area contributed by atoms with Gasteiger partial charge in [0.15, 0.2) is 11.3 Å². The monoisotopic (exact) mass is 474 g/mol. The normalized spacial score (nSPS) is 12.3. The highest BCUT2D eigenvalue weighted by Gasteiger charge is 2.21. The predicted octanol–water partition coefficient (Wildman–Crippen LogP) is 3.95. The predicted molar refractivity (Wildman–Crippen MR) is 120 cm³/mol. The first-order valence-electron chi connectivity index (χ1n) is 10.6. The Kier molecular flexibility index (Phi) is 7.23. The van der Waals surface area contributed by atoms with Crippen molar-refractivity contribution in [1.29, 1.82) is 0 Å². The van der Waals surface area contributed by atoms with Gasteiger partial charge in [-0.25, -0.2) is 23.5 Å². The third kappa shape index (κ3) is 6.12. The first-order valence-corrected chi connectivity index (χ1v) is 10.6. The number of likely N-dealkylation sites (N-methyl/N-ethyl adjacent to an activating group) is 1. The molecule has 1 N–H and O–H groups in total. The fourth-order valence-corrected chi connectivity index (χ4v) is 3.00. The maximum Gasteiger partial charge on any atom is 0.410 e. The summed E-state index contributed by atoms with van der Waals surface area (Å²) in [6.45, 7) is 7.42. The second kappa shape index (κ2) is 9.94. The number of carbonyl (C=O) groups excluding carboxylic acids is 1. The van der Waals surface area contributed by atoms with Crippen LogP contribution in [-0.4, -0.2) is 62.5 Å². The minimum Gasteiger partial charge on any atom is -0.491 e. The van der Waals surface area contributed by atoms with Crippen LogP contribution in [0.2, 0.25) is 0 Å². The van der Waals surface area contributed by atoms with E-state index in [-0.39, 0.29) is 24.7 Å². The van der Waals surface area contributed by atoms with Gasteiger partial charge in [0.05, 0.1) is 12.7 Å². The lowest BCUT2D eigenvalue weighted by Crippen LogP contribution is -2.36. The summed E-state index contributed by atoms with van der Waals surface area (Å²) < 4.78 is 32.1. The zero-order chi connectivity index (χ0) is 25.0. The third-order valence-electron chi connectivity index (χ3n) is 4.65. The van der Waals surface area contributed by atoms with E-state index in [0.717, 1.165) is 4.52 Å². The van der Waals surface area contributed by atoms with Crippen LogP contribution in [0.1, 0.15) is 49.9 Å². The van der Waals surface area contributed by atoms with Crippen LogP contribution in [0.3, 0.4) is 0 Å². The number of hydrogen-bond donors (Lipinski definition) is 1. The number of fused-ring (bicyclic) bond motifs is 1. The number of carboxylic acids is 1. The molecule has 2 heterocycles. The molecular weight excluding hydrogens is 447 g/mol. The number of carboxylic acid groups (broad SMARTS) is 1. The maximum atomic E-state index is 14.0. The average molecular weight is 474 g/mol.